The van der Waals surface area contributed by atoms with Crippen LogP contribution < -0.4 is 15.1 Å². The zero-order valence-corrected chi connectivity index (χ0v) is 19.6. The Morgan fingerprint density at radius 1 is 1.20 bits per heavy atom. The van der Waals surface area contributed by atoms with Gasteiger partial charge in [-0.2, -0.15) is 13.2 Å². The van der Waals surface area contributed by atoms with Crippen LogP contribution in [0, 0.1) is 11.8 Å². The minimum absolute atomic E-state index is 0.196. The predicted molar refractivity (Wildman–Crippen MR) is 126 cm³/mol. The number of pyridine rings is 1. The number of carbonyl (C=O) groups is 1. The van der Waals surface area contributed by atoms with Gasteiger partial charge in [-0.15, -0.1) is 0 Å². The van der Waals surface area contributed by atoms with Crippen molar-refractivity contribution >= 4 is 28.8 Å². The lowest BCUT2D eigenvalue weighted by molar-refractivity contribution is -0.216. The first-order chi connectivity index (χ1) is 16.8. The van der Waals surface area contributed by atoms with E-state index in [4.69, 9.17) is 9.47 Å². The summed E-state index contributed by atoms with van der Waals surface area (Å²) in [5.41, 5.74) is 3.10. The van der Waals surface area contributed by atoms with Crippen LogP contribution in [0.25, 0.3) is 0 Å². The Morgan fingerprint density at radius 3 is 2.74 bits per heavy atom. The first kappa shape index (κ1) is 23.9. The Bertz CT molecular complexity index is 1070. The molecular weight excluding hydrogens is 461 g/mol. The number of halogens is 3. The number of hydrogen-bond donors (Lipinski definition) is 1. The zero-order chi connectivity index (χ0) is 24.6. The van der Waals surface area contributed by atoms with Gasteiger partial charge >= 0.3 is 6.18 Å². The lowest BCUT2D eigenvalue weighted by atomic mass is 9.78. The Morgan fingerprint density at radius 2 is 2.00 bits per heavy atom. The van der Waals surface area contributed by atoms with Gasteiger partial charge in [0.2, 0.25) is 5.91 Å². The normalized spacial score (nSPS) is 24.7. The number of ether oxygens (including phenoxy) is 2. The number of anilines is 4. The summed E-state index contributed by atoms with van der Waals surface area (Å²) in [6.07, 6.45) is -3.39. The van der Waals surface area contributed by atoms with Crippen molar-refractivity contribution in [2.75, 3.05) is 48.5 Å². The van der Waals surface area contributed by atoms with Gasteiger partial charge in [0, 0.05) is 43.6 Å². The van der Waals surface area contributed by atoms with Gasteiger partial charge in [0.15, 0.2) is 0 Å². The number of rotatable bonds is 3. The predicted octanol–water partition coefficient (Wildman–Crippen LogP) is 4.50. The van der Waals surface area contributed by atoms with E-state index in [1.54, 1.807) is 17.2 Å². The number of alkyl halides is 3. The topological polar surface area (TPSA) is 66.9 Å². The van der Waals surface area contributed by atoms with Gasteiger partial charge in [-0.1, -0.05) is 6.07 Å². The zero-order valence-electron chi connectivity index (χ0n) is 19.6. The molecule has 188 valence electrons. The van der Waals surface area contributed by atoms with Crippen LogP contribution >= 0.6 is 0 Å². The molecule has 1 aromatic heterocycles. The highest BCUT2D eigenvalue weighted by molar-refractivity contribution is 6.00. The number of nitrogens with one attached hydrogen (secondary N) is 1. The number of benzene rings is 1. The van der Waals surface area contributed by atoms with E-state index in [-0.39, 0.29) is 25.3 Å². The molecule has 3 heterocycles. The van der Waals surface area contributed by atoms with Crippen LogP contribution in [0.5, 0.6) is 0 Å². The molecule has 1 saturated heterocycles. The minimum Gasteiger partial charge on any atom is -0.381 e. The number of nitrogens with zero attached hydrogens (tertiary/aromatic N) is 3. The van der Waals surface area contributed by atoms with E-state index in [0.29, 0.717) is 36.8 Å². The van der Waals surface area contributed by atoms with Gasteiger partial charge in [0.25, 0.3) is 0 Å². The molecule has 1 amide bonds. The fourth-order valence-corrected chi connectivity index (χ4v) is 5.34. The average Bonchev–Trinajstić information content (AvgIpc) is 3.04. The van der Waals surface area contributed by atoms with E-state index in [1.165, 1.54) is 7.11 Å². The van der Waals surface area contributed by atoms with Crippen LogP contribution in [-0.2, 0) is 20.8 Å². The molecule has 35 heavy (non-hydrogen) atoms. The number of fused-ring (bicyclic) bond motifs is 2. The number of carbonyl (C=O) groups excluding carboxylic acids is 1. The molecule has 0 radical (unpaired) electrons. The van der Waals surface area contributed by atoms with Gasteiger partial charge < -0.3 is 24.6 Å². The molecule has 3 atom stereocenters. The second-order valence-corrected chi connectivity index (χ2v) is 9.29. The second kappa shape index (κ2) is 9.66. The van der Waals surface area contributed by atoms with Crippen molar-refractivity contribution < 1.29 is 27.4 Å². The highest BCUT2D eigenvalue weighted by Crippen LogP contribution is 2.44. The summed E-state index contributed by atoms with van der Waals surface area (Å²) >= 11 is 0. The van der Waals surface area contributed by atoms with E-state index < -0.39 is 24.1 Å². The summed E-state index contributed by atoms with van der Waals surface area (Å²) in [6.45, 7) is 2.94. The third kappa shape index (κ3) is 4.81. The molecule has 1 saturated carbocycles. The third-order valence-corrected chi connectivity index (χ3v) is 7.25. The van der Waals surface area contributed by atoms with Gasteiger partial charge in [0.1, 0.15) is 5.82 Å². The van der Waals surface area contributed by atoms with Crippen molar-refractivity contribution in [3.63, 3.8) is 0 Å². The van der Waals surface area contributed by atoms with Crippen LogP contribution in [0.1, 0.15) is 24.8 Å². The Labute approximate surface area is 202 Å². The molecule has 2 fully saturated rings. The summed E-state index contributed by atoms with van der Waals surface area (Å²) in [6, 6.07) is 9.51. The van der Waals surface area contributed by atoms with E-state index >= 15 is 0 Å². The van der Waals surface area contributed by atoms with Crippen LogP contribution in [0.3, 0.4) is 0 Å². The van der Waals surface area contributed by atoms with Crippen molar-refractivity contribution in [2.45, 2.75) is 38.1 Å². The number of methoxy groups -OCH3 is 1. The Kier molecular flexibility index (Phi) is 6.59. The molecule has 3 unspecified atom stereocenters. The van der Waals surface area contributed by atoms with E-state index in [0.717, 1.165) is 24.3 Å². The lowest BCUT2D eigenvalue weighted by Gasteiger charge is -2.38. The maximum atomic E-state index is 13.9. The van der Waals surface area contributed by atoms with Crippen LogP contribution in [-0.4, -0.2) is 56.6 Å². The standard InChI is InChI=1S/C25H29F3N4O3/c1-34-22-7-4-16(13-19(22)25(26,27)28)24(33)32-15-17-3-2-8-29-23(17)30-20-6-5-18(14-21(20)32)31-9-11-35-12-10-31/h2-3,5-6,8,14,16,19,22H,4,7,9-13,15H2,1H3,(H,29,30). The molecule has 1 aliphatic carbocycles. The molecule has 5 rings (SSSR count). The average molecular weight is 491 g/mol. The smallest absolute Gasteiger partial charge is 0.381 e. The first-order valence-electron chi connectivity index (χ1n) is 11.9. The summed E-state index contributed by atoms with van der Waals surface area (Å²) in [4.78, 5) is 22.1. The van der Waals surface area contributed by atoms with Crippen molar-refractivity contribution in [2.24, 2.45) is 11.8 Å². The van der Waals surface area contributed by atoms with Crippen LogP contribution in [0.4, 0.5) is 36.1 Å². The summed E-state index contributed by atoms with van der Waals surface area (Å²) in [5, 5.41) is 3.32. The van der Waals surface area contributed by atoms with Crippen molar-refractivity contribution in [3.05, 3.63) is 42.1 Å². The highest BCUT2D eigenvalue weighted by atomic mass is 19.4. The van der Waals surface area contributed by atoms with Crippen molar-refractivity contribution in [1.29, 1.82) is 0 Å². The lowest BCUT2D eigenvalue weighted by Crippen LogP contribution is -2.45. The SMILES string of the molecule is COC1CCC(C(=O)N2Cc3cccnc3Nc3ccc(N4CCOCC4)cc32)CC1C(F)(F)F. The van der Waals surface area contributed by atoms with Gasteiger partial charge in [-0.25, -0.2) is 4.98 Å². The monoisotopic (exact) mass is 490 g/mol. The number of aromatic nitrogens is 1. The molecule has 2 aliphatic heterocycles. The molecular formula is C25H29F3N4O3. The number of hydrogen-bond acceptors (Lipinski definition) is 6. The highest BCUT2D eigenvalue weighted by Gasteiger charge is 2.50. The van der Waals surface area contributed by atoms with E-state index in [1.807, 2.05) is 24.3 Å². The molecule has 1 aromatic carbocycles. The molecule has 3 aliphatic rings. The Balaban J connectivity index is 1.50. The largest absolute Gasteiger partial charge is 0.394 e. The van der Waals surface area contributed by atoms with Gasteiger partial charge in [0.05, 0.1) is 43.2 Å². The molecule has 2 aromatic rings. The fraction of sp³-hybridized carbons (Fsp3) is 0.520. The number of morpholine rings is 1. The van der Waals surface area contributed by atoms with E-state index in [2.05, 4.69) is 15.2 Å². The summed E-state index contributed by atoms with van der Waals surface area (Å²) < 4.78 is 51.9. The molecule has 10 heteroatoms. The quantitative estimate of drug-likeness (QED) is 0.684. The minimum atomic E-state index is -4.42. The van der Waals surface area contributed by atoms with Gasteiger partial charge in [-0.3, -0.25) is 4.79 Å². The van der Waals surface area contributed by atoms with Gasteiger partial charge in [-0.05, 0) is 43.5 Å². The van der Waals surface area contributed by atoms with Crippen LogP contribution in [0.15, 0.2) is 36.5 Å². The van der Waals surface area contributed by atoms with E-state index in [9.17, 15) is 18.0 Å². The summed E-state index contributed by atoms with van der Waals surface area (Å²) in [7, 11) is 1.30. The van der Waals surface area contributed by atoms with Crippen molar-refractivity contribution in [1.82, 2.24) is 4.98 Å². The molecule has 1 N–H and O–H groups in total. The number of amides is 1. The Hall–Kier alpha value is -2.85. The second-order valence-electron chi connectivity index (χ2n) is 9.29. The maximum absolute atomic E-state index is 13.9. The maximum Gasteiger partial charge on any atom is 0.394 e. The fourth-order valence-electron chi connectivity index (χ4n) is 5.34. The molecule has 0 bridgehead atoms. The molecule has 0 spiro atoms. The first-order valence-corrected chi connectivity index (χ1v) is 11.9. The summed E-state index contributed by atoms with van der Waals surface area (Å²) in [5.74, 6) is -2.06. The van der Waals surface area contributed by atoms with Crippen molar-refractivity contribution in [3.8, 4) is 0 Å². The third-order valence-electron chi connectivity index (χ3n) is 7.25. The van der Waals surface area contributed by atoms with Crippen LogP contribution in [0.2, 0.25) is 0 Å². The molecule has 7 nitrogen and oxygen atoms in total.